The highest BCUT2D eigenvalue weighted by atomic mass is 16.5. The van der Waals surface area contributed by atoms with Gasteiger partial charge in [0.1, 0.15) is 0 Å². The molecule has 0 saturated carbocycles. The average Bonchev–Trinajstić information content (AvgIpc) is 2.78. The van der Waals surface area contributed by atoms with E-state index in [2.05, 4.69) is 26.0 Å². The SMILES string of the molecule is C[C@H]1[C@@H](OCc2ccccc2)[C@H](C)[C@H]2C[C@H](O)[C@@H]1O2. The summed E-state index contributed by atoms with van der Waals surface area (Å²) in [7, 11) is 0. The van der Waals surface area contributed by atoms with Gasteiger partial charge in [-0.1, -0.05) is 44.2 Å². The van der Waals surface area contributed by atoms with E-state index in [1.807, 2.05) is 18.2 Å². The first kappa shape index (κ1) is 13.1. The number of aliphatic hydroxyl groups excluding tert-OH is 1. The Balaban J connectivity index is 1.67. The molecule has 0 amide bonds. The Morgan fingerprint density at radius 1 is 1.21 bits per heavy atom. The van der Waals surface area contributed by atoms with Crippen LogP contribution in [0.5, 0.6) is 0 Å². The zero-order chi connectivity index (χ0) is 13.4. The Kier molecular flexibility index (Phi) is 3.61. The quantitative estimate of drug-likeness (QED) is 0.909. The first-order valence-corrected chi connectivity index (χ1v) is 7.16. The molecule has 1 N–H and O–H groups in total. The predicted molar refractivity (Wildman–Crippen MR) is 72.6 cm³/mol. The smallest absolute Gasteiger partial charge is 0.0889 e. The van der Waals surface area contributed by atoms with Crippen LogP contribution < -0.4 is 0 Å². The molecular formula is C16H22O3. The Bertz CT molecular complexity index is 419. The Hall–Kier alpha value is -0.900. The summed E-state index contributed by atoms with van der Waals surface area (Å²) in [4.78, 5) is 0. The van der Waals surface area contributed by atoms with Crippen LogP contribution in [0, 0.1) is 11.8 Å². The Labute approximate surface area is 114 Å². The molecule has 1 aromatic carbocycles. The molecule has 104 valence electrons. The molecule has 2 heterocycles. The summed E-state index contributed by atoms with van der Waals surface area (Å²) in [5.41, 5.74) is 1.20. The van der Waals surface area contributed by atoms with Crippen molar-refractivity contribution in [2.24, 2.45) is 11.8 Å². The molecule has 0 spiro atoms. The van der Waals surface area contributed by atoms with E-state index in [0.717, 1.165) is 6.42 Å². The van der Waals surface area contributed by atoms with Crippen molar-refractivity contribution < 1.29 is 14.6 Å². The van der Waals surface area contributed by atoms with Crippen LogP contribution in [0.15, 0.2) is 30.3 Å². The van der Waals surface area contributed by atoms with E-state index in [0.29, 0.717) is 12.5 Å². The largest absolute Gasteiger partial charge is 0.390 e. The number of rotatable bonds is 3. The minimum absolute atomic E-state index is 0.0537. The van der Waals surface area contributed by atoms with E-state index in [1.165, 1.54) is 5.56 Å². The molecule has 3 nitrogen and oxygen atoms in total. The average molecular weight is 262 g/mol. The van der Waals surface area contributed by atoms with Crippen LogP contribution in [0.3, 0.4) is 0 Å². The summed E-state index contributed by atoms with van der Waals surface area (Å²) in [5.74, 6) is 0.583. The van der Waals surface area contributed by atoms with Gasteiger partial charge >= 0.3 is 0 Å². The van der Waals surface area contributed by atoms with Crippen molar-refractivity contribution in [1.82, 2.24) is 0 Å². The maximum Gasteiger partial charge on any atom is 0.0889 e. The van der Waals surface area contributed by atoms with Gasteiger partial charge < -0.3 is 14.6 Å². The molecule has 0 unspecified atom stereocenters. The summed E-state index contributed by atoms with van der Waals surface area (Å²) in [6.45, 7) is 4.93. The summed E-state index contributed by atoms with van der Waals surface area (Å²) in [5, 5.41) is 10.0. The molecule has 0 radical (unpaired) electrons. The van der Waals surface area contributed by atoms with Crippen LogP contribution in [0.25, 0.3) is 0 Å². The minimum Gasteiger partial charge on any atom is -0.390 e. The molecule has 19 heavy (non-hydrogen) atoms. The van der Waals surface area contributed by atoms with Crippen LogP contribution in [0.4, 0.5) is 0 Å². The molecule has 1 aromatic rings. The van der Waals surface area contributed by atoms with Gasteiger partial charge in [-0.2, -0.15) is 0 Å². The van der Waals surface area contributed by atoms with Gasteiger partial charge in [-0.25, -0.2) is 0 Å². The second-order valence-corrected chi connectivity index (χ2v) is 5.92. The second-order valence-electron chi connectivity index (χ2n) is 5.92. The number of benzene rings is 1. The molecule has 2 aliphatic rings. The van der Waals surface area contributed by atoms with E-state index >= 15 is 0 Å². The molecule has 0 aliphatic carbocycles. The number of hydrogen-bond donors (Lipinski definition) is 1. The molecule has 2 aliphatic heterocycles. The summed E-state index contributed by atoms with van der Waals surface area (Å²) in [6.07, 6.45) is 0.689. The van der Waals surface area contributed by atoms with Crippen molar-refractivity contribution >= 4 is 0 Å². The number of ether oxygens (including phenoxy) is 2. The monoisotopic (exact) mass is 262 g/mol. The predicted octanol–water partition coefficient (Wildman–Crippen LogP) is 2.38. The highest BCUT2D eigenvalue weighted by molar-refractivity contribution is 5.13. The molecule has 6 atom stereocenters. The molecule has 2 saturated heterocycles. The molecule has 0 aromatic heterocycles. The van der Waals surface area contributed by atoms with Gasteiger partial charge in [0.15, 0.2) is 0 Å². The van der Waals surface area contributed by atoms with E-state index in [-0.39, 0.29) is 30.3 Å². The number of fused-ring (bicyclic) bond motifs is 2. The molecule has 3 rings (SSSR count). The van der Waals surface area contributed by atoms with E-state index in [1.54, 1.807) is 0 Å². The van der Waals surface area contributed by atoms with Gasteiger partial charge in [-0.15, -0.1) is 0 Å². The van der Waals surface area contributed by atoms with Gasteiger partial charge in [-0.05, 0) is 5.56 Å². The highest BCUT2D eigenvalue weighted by Gasteiger charge is 2.50. The maximum atomic E-state index is 10.0. The van der Waals surface area contributed by atoms with Crippen molar-refractivity contribution in [2.45, 2.75) is 51.3 Å². The van der Waals surface area contributed by atoms with Crippen LogP contribution in [0.1, 0.15) is 25.8 Å². The number of hydrogen-bond acceptors (Lipinski definition) is 3. The van der Waals surface area contributed by atoms with Crippen LogP contribution in [0.2, 0.25) is 0 Å². The van der Waals surface area contributed by atoms with Crippen molar-refractivity contribution in [3.05, 3.63) is 35.9 Å². The van der Waals surface area contributed by atoms with Gasteiger partial charge in [0, 0.05) is 18.3 Å². The third kappa shape index (κ3) is 2.42. The maximum absolute atomic E-state index is 10.0. The van der Waals surface area contributed by atoms with Crippen molar-refractivity contribution in [2.75, 3.05) is 0 Å². The molecule has 2 fully saturated rings. The Morgan fingerprint density at radius 2 is 1.95 bits per heavy atom. The lowest BCUT2D eigenvalue weighted by Crippen LogP contribution is -2.46. The minimum atomic E-state index is -0.326. The van der Waals surface area contributed by atoms with Gasteiger partial charge in [0.25, 0.3) is 0 Å². The lowest BCUT2D eigenvalue weighted by Gasteiger charge is -2.39. The summed E-state index contributed by atoms with van der Waals surface area (Å²) in [6, 6.07) is 10.2. The Morgan fingerprint density at radius 3 is 2.68 bits per heavy atom. The standard InChI is InChI=1S/C16H22O3/c1-10-14-8-13(17)16(19-14)11(2)15(10)18-9-12-6-4-3-5-7-12/h3-7,10-11,13-17H,8-9H2,1-2H3/t10-,11+,13+,14-,15+,16-/m1/s1. The third-order valence-corrected chi connectivity index (χ3v) is 4.61. The van der Waals surface area contributed by atoms with Crippen molar-refractivity contribution in [3.8, 4) is 0 Å². The molecule has 2 bridgehead atoms. The zero-order valence-corrected chi connectivity index (χ0v) is 11.5. The van der Waals surface area contributed by atoms with E-state index < -0.39 is 0 Å². The molecular weight excluding hydrogens is 240 g/mol. The number of aliphatic hydroxyl groups is 1. The van der Waals surface area contributed by atoms with Crippen LogP contribution in [-0.2, 0) is 16.1 Å². The fourth-order valence-electron chi connectivity index (χ4n) is 3.48. The third-order valence-electron chi connectivity index (χ3n) is 4.61. The van der Waals surface area contributed by atoms with Gasteiger partial charge in [0.2, 0.25) is 0 Å². The van der Waals surface area contributed by atoms with Crippen molar-refractivity contribution in [3.63, 3.8) is 0 Å². The normalized spacial score (nSPS) is 41.4. The first-order chi connectivity index (χ1) is 9.16. The van der Waals surface area contributed by atoms with Crippen molar-refractivity contribution in [1.29, 1.82) is 0 Å². The van der Waals surface area contributed by atoms with Gasteiger partial charge in [0.05, 0.1) is 31.0 Å². The highest BCUT2D eigenvalue weighted by Crippen LogP contribution is 2.41. The first-order valence-electron chi connectivity index (χ1n) is 7.16. The second kappa shape index (κ2) is 5.23. The summed E-state index contributed by atoms with van der Waals surface area (Å²) < 4.78 is 12.0. The lowest BCUT2D eigenvalue weighted by atomic mass is 9.86. The van der Waals surface area contributed by atoms with E-state index in [9.17, 15) is 5.11 Å². The zero-order valence-electron chi connectivity index (χ0n) is 11.5. The summed E-state index contributed by atoms with van der Waals surface area (Å²) >= 11 is 0. The lowest BCUT2D eigenvalue weighted by molar-refractivity contribution is -0.163. The van der Waals surface area contributed by atoms with E-state index in [4.69, 9.17) is 9.47 Å². The van der Waals surface area contributed by atoms with Crippen LogP contribution in [-0.4, -0.2) is 29.5 Å². The fourth-order valence-corrected chi connectivity index (χ4v) is 3.48. The van der Waals surface area contributed by atoms with Gasteiger partial charge in [-0.3, -0.25) is 0 Å². The van der Waals surface area contributed by atoms with Crippen LogP contribution >= 0.6 is 0 Å². The molecule has 3 heteroatoms. The topological polar surface area (TPSA) is 38.7 Å². The fraction of sp³-hybridized carbons (Fsp3) is 0.625.